The molecule has 0 spiro atoms. The Bertz CT molecular complexity index is 893. The maximum atomic E-state index is 13.1. The number of imidazole rings is 1. The van der Waals surface area contributed by atoms with Crippen LogP contribution in [0.5, 0.6) is 0 Å². The summed E-state index contributed by atoms with van der Waals surface area (Å²) in [6, 6.07) is 6.07. The number of guanidine groups is 1. The molecular weight excluding hydrogens is 518 g/mol. The summed E-state index contributed by atoms with van der Waals surface area (Å²) in [5.41, 5.74) is -0.0722. The number of halogens is 4. The number of nitrogens with zero attached hydrogens (tertiary/aromatic N) is 4. The number of nitrogens with one attached hydrogen (secondary N) is 1. The Morgan fingerprint density at radius 3 is 2.71 bits per heavy atom. The lowest BCUT2D eigenvalue weighted by molar-refractivity contribution is -0.137. The highest BCUT2D eigenvalue weighted by atomic mass is 127. The largest absolute Gasteiger partial charge is 0.416 e. The first kappa shape index (κ1) is 23.9. The number of rotatable bonds is 4. The standard InChI is InChI=1S/C22H28F3N5.HI/c1-16-6-10-29(13-19(16)30-11-9-27-15-30)20(26-2)28-14-21(7-8-21)17-4-3-5-18(12-17)22(23,24)25;/h3-5,9,11-12,15-16,19H,6-8,10,13-14H2,1-2H3,(H,26,28);1H. The smallest absolute Gasteiger partial charge is 0.355 e. The van der Waals surface area contributed by atoms with E-state index >= 15 is 0 Å². The highest BCUT2D eigenvalue weighted by Crippen LogP contribution is 2.48. The fourth-order valence-electron chi connectivity index (χ4n) is 4.42. The molecule has 170 valence electrons. The number of piperidine rings is 1. The van der Waals surface area contributed by atoms with E-state index in [-0.39, 0.29) is 29.4 Å². The molecule has 1 aliphatic carbocycles. The van der Waals surface area contributed by atoms with E-state index in [4.69, 9.17) is 0 Å². The molecule has 0 amide bonds. The molecule has 4 rings (SSSR count). The van der Waals surface area contributed by atoms with Gasteiger partial charge in [0.15, 0.2) is 5.96 Å². The van der Waals surface area contributed by atoms with Crippen molar-refractivity contribution in [1.82, 2.24) is 19.8 Å². The van der Waals surface area contributed by atoms with Gasteiger partial charge in [0.1, 0.15) is 0 Å². The van der Waals surface area contributed by atoms with Crippen LogP contribution in [0.15, 0.2) is 48.0 Å². The normalized spacial score (nSPS) is 23.3. The van der Waals surface area contributed by atoms with E-state index in [0.717, 1.165) is 49.9 Å². The first-order valence-corrected chi connectivity index (χ1v) is 10.4. The number of hydrogen-bond donors (Lipinski definition) is 1. The summed E-state index contributed by atoms with van der Waals surface area (Å²) in [6.45, 7) is 4.57. The molecule has 9 heteroatoms. The monoisotopic (exact) mass is 547 g/mol. The van der Waals surface area contributed by atoms with Crippen LogP contribution in [0.1, 0.15) is 43.4 Å². The maximum absolute atomic E-state index is 13.1. The van der Waals surface area contributed by atoms with E-state index in [0.29, 0.717) is 18.5 Å². The van der Waals surface area contributed by atoms with Crippen molar-refractivity contribution >= 4 is 29.9 Å². The fourth-order valence-corrected chi connectivity index (χ4v) is 4.42. The van der Waals surface area contributed by atoms with E-state index in [2.05, 4.69) is 31.7 Å². The second-order valence-electron chi connectivity index (χ2n) is 8.55. The van der Waals surface area contributed by atoms with E-state index in [1.165, 1.54) is 12.1 Å². The highest BCUT2D eigenvalue weighted by Gasteiger charge is 2.45. The molecule has 0 bridgehead atoms. The van der Waals surface area contributed by atoms with Gasteiger partial charge in [0.05, 0.1) is 17.9 Å². The van der Waals surface area contributed by atoms with Gasteiger partial charge in [0.25, 0.3) is 0 Å². The van der Waals surface area contributed by atoms with E-state index in [1.54, 1.807) is 13.2 Å². The molecule has 1 saturated carbocycles. The van der Waals surface area contributed by atoms with Crippen LogP contribution in [0.3, 0.4) is 0 Å². The Balaban J connectivity index is 0.00000272. The molecule has 0 radical (unpaired) electrons. The number of hydrogen-bond acceptors (Lipinski definition) is 2. The number of likely N-dealkylation sites (tertiary alicyclic amines) is 1. The topological polar surface area (TPSA) is 45.5 Å². The number of aromatic nitrogens is 2. The van der Waals surface area contributed by atoms with Gasteiger partial charge in [-0.1, -0.05) is 25.1 Å². The Kier molecular flexibility index (Phi) is 7.22. The SMILES string of the molecule is CN=C(NCC1(c2cccc(C(F)(F)F)c2)CC1)N1CCC(C)C(n2ccnc2)C1.I. The van der Waals surface area contributed by atoms with Crippen molar-refractivity contribution in [2.75, 3.05) is 26.7 Å². The maximum Gasteiger partial charge on any atom is 0.416 e. The molecule has 2 heterocycles. The molecule has 1 aromatic carbocycles. The van der Waals surface area contributed by atoms with Crippen LogP contribution in [0.25, 0.3) is 0 Å². The Hall–Kier alpha value is -1.78. The first-order valence-electron chi connectivity index (χ1n) is 10.4. The third kappa shape index (κ3) is 5.18. The molecule has 2 fully saturated rings. The molecular formula is C22H29F3IN5. The van der Waals surface area contributed by atoms with Crippen molar-refractivity contribution in [3.05, 3.63) is 54.1 Å². The zero-order valence-corrected chi connectivity index (χ0v) is 20.1. The number of aliphatic imine (C=N–C) groups is 1. The average molecular weight is 547 g/mol. The minimum atomic E-state index is -4.32. The second kappa shape index (κ2) is 9.38. The van der Waals surface area contributed by atoms with Gasteiger partial charge < -0.3 is 14.8 Å². The van der Waals surface area contributed by atoms with Crippen molar-refractivity contribution in [2.24, 2.45) is 10.9 Å². The van der Waals surface area contributed by atoms with Gasteiger partial charge in [-0.25, -0.2) is 4.98 Å². The quantitative estimate of drug-likeness (QED) is 0.343. The van der Waals surface area contributed by atoms with Crippen LogP contribution in [0, 0.1) is 5.92 Å². The summed E-state index contributed by atoms with van der Waals surface area (Å²) in [7, 11) is 1.76. The molecule has 1 aliphatic heterocycles. The Morgan fingerprint density at radius 1 is 1.32 bits per heavy atom. The molecule has 2 aliphatic rings. The third-order valence-corrected chi connectivity index (χ3v) is 6.58. The lowest BCUT2D eigenvalue weighted by Gasteiger charge is -2.39. The van der Waals surface area contributed by atoms with Gasteiger partial charge in [0, 0.05) is 44.5 Å². The second-order valence-corrected chi connectivity index (χ2v) is 8.55. The van der Waals surface area contributed by atoms with Crippen LogP contribution in [-0.2, 0) is 11.6 Å². The summed E-state index contributed by atoms with van der Waals surface area (Å²) in [6.07, 6.45) is 4.14. The van der Waals surface area contributed by atoms with Crippen molar-refractivity contribution in [2.45, 2.75) is 43.8 Å². The summed E-state index contributed by atoms with van der Waals surface area (Å²) in [5, 5.41) is 3.45. The first-order chi connectivity index (χ1) is 14.3. The minimum Gasteiger partial charge on any atom is -0.355 e. The summed E-state index contributed by atoms with van der Waals surface area (Å²) < 4.78 is 41.5. The lowest BCUT2D eigenvalue weighted by Crippen LogP contribution is -2.50. The molecule has 31 heavy (non-hydrogen) atoms. The zero-order valence-electron chi connectivity index (χ0n) is 17.8. The molecule has 1 saturated heterocycles. The lowest BCUT2D eigenvalue weighted by atomic mass is 9.93. The van der Waals surface area contributed by atoms with Gasteiger partial charge in [-0.15, -0.1) is 24.0 Å². The Labute approximate surface area is 198 Å². The van der Waals surface area contributed by atoms with Crippen LogP contribution < -0.4 is 5.32 Å². The molecule has 2 unspecified atom stereocenters. The molecule has 1 aromatic heterocycles. The van der Waals surface area contributed by atoms with Crippen molar-refractivity contribution in [1.29, 1.82) is 0 Å². The van der Waals surface area contributed by atoms with Gasteiger partial charge in [-0.2, -0.15) is 13.2 Å². The van der Waals surface area contributed by atoms with Gasteiger partial charge >= 0.3 is 6.18 Å². The fraction of sp³-hybridized carbons (Fsp3) is 0.545. The summed E-state index contributed by atoms with van der Waals surface area (Å²) in [4.78, 5) is 10.9. The molecule has 2 aromatic rings. The minimum absolute atomic E-state index is 0. The Morgan fingerprint density at radius 2 is 2.10 bits per heavy atom. The predicted molar refractivity (Wildman–Crippen MR) is 126 cm³/mol. The van der Waals surface area contributed by atoms with Gasteiger partial charge in [0.2, 0.25) is 0 Å². The average Bonchev–Trinajstić information content (AvgIpc) is 3.32. The number of alkyl halides is 3. The molecule has 5 nitrogen and oxygen atoms in total. The predicted octanol–water partition coefficient (Wildman–Crippen LogP) is 4.71. The van der Waals surface area contributed by atoms with Crippen molar-refractivity contribution in [3.8, 4) is 0 Å². The van der Waals surface area contributed by atoms with Crippen LogP contribution in [0.4, 0.5) is 13.2 Å². The van der Waals surface area contributed by atoms with E-state index in [1.807, 2.05) is 18.6 Å². The van der Waals surface area contributed by atoms with Gasteiger partial charge in [-0.05, 0) is 36.8 Å². The van der Waals surface area contributed by atoms with Crippen molar-refractivity contribution in [3.63, 3.8) is 0 Å². The molecule has 2 atom stereocenters. The van der Waals surface area contributed by atoms with Crippen LogP contribution >= 0.6 is 24.0 Å². The highest BCUT2D eigenvalue weighted by molar-refractivity contribution is 14.0. The van der Waals surface area contributed by atoms with Crippen molar-refractivity contribution < 1.29 is 13.2 Å². The summed E-state index contributed by atoms with van der Waals surface area (Å²) in [5.74, 6) is 1.35. The molecule has 1 N–H and O–H groups in total. The van der Waals surface area contributed by atoms with E-state index < -0.39 is 11.7 Å². The summed E-state index contributed by atoms with van der Waals surface area (Å²) >= 11 is 0. The number of benzene rings is 1. The van der Waals surface area contributed by atoms with Crippen LogP contribution in [-0.4, -0.2) is 47.1 Å². The van der Waals surface area contributed by atoms with Crippen LogP contribution in [0.2, 0.25) is 0 Å². The van der Waals surface area contributed by atoms with Gasteiger partial charge in [-0.3, -0.25) is 4.99 Å². The zero-order chi connectivity index (χ0) is 21.4. The van der Waals surface area contributed by atoms with E-state index in [9.17, 15) is 13.2 Å². The third-order valence-electron chi connectivity index (χ3n) is 6.58.